The lowest BCUT2D eigenvalue weighted by molar-refractivity contribution is -0.0693. The summed E-state index contributed by atoms with van der Waals surface area (Å²) in [4.78, 5) is 36.9. The number of hydrogen-bond acceptors (Lipinski definition) is 9. The second kappa shape index (κ2) is 9.46. The van der Waals surface area contributed by atoms with E-state index in [1.165, 1.54) is 14.2 Å². The smallest absolute Gasteiger partial charge is 0.358 e. The SMILES string of the molecule is CCC(O)OC(=O)c1[c]c2c(OC)c(C(=O)O)c(OC)cn2c1C(=O)OC(O)CC. The van der Waals surface area contributed by atoms with Gasteiger partial charge in [0.1, 0.15) is 16.8 Å². The highest BCUT2D eigenvalue weighted by molar-refractivity contribution is 6.06. The largest absolute Gasteiger partial charge is 0.494 e. The van der Waals surface area contributed by atoms with Gasteiger partial charge in [-0.25, -0.2) is 14.4 Å². The van der Waals surface area contributed by atoms with Crippen LogP contribution in [0.2, 0.25) is 0 Å². The number of rotatable bonds is 9. The summed E-state index contributed by atoms with van der Waals surface area (Å²) in [5.41, 5.74) is -1.31. The molecule has 2 atom stereocenters. The van der Waals surface area contributed by atoms with Gasteiger partial charge in [-0.15, -0.1) is 0 Å². The van der Waals surface area contributed by atoms with E-state index in [1.807, 2.05) is 0 Å². The first-order valence-corrected chi connectivity index (χ1v) is 8.93. The van der Waals surface area contributed by atoms with Crippen molar-refractivity contribution in [2.24, 2.45) is 0 Å². The lowest BCUT2D eigenvalue weighted by Crippen LogP contribution is -2.22. The van der Waals surface area contributed by atoms with Gasteiger partial charge in [0.05, 0.1) is 25.9 Å². The summed E-state index contributed by atoms with van der Waals surface area (Å²) in [6, 6.07) is 2.58. The minimum Gasteiger partial charge on any atom is -0.494 e. The molecule has 11 heteroatoms. The second-order valence-corrected chi connectivity index (χ2v) is 6.01. The Labute approximate surface area is 171 Å². The maximum absolute atomic E-state index is 12.7. The number of carboxylic acids is 1. The highest BCUT2D eigenvalue weighted by Gasteiger charge is 2.32. The molecule has 2 unspecified atom stereocenters. The van der Waals surface area contributed by atoms with Gasteiger partial charge in [0.2, 0.25) is 12.6 Å². The normalized spacial score (nSPS) is 12.9. The third-order valence-electron chi connectivity index (χ3n) is 4.12. The van der Waals surface area contributed by atoms with Crippen molar-refractivity contribution < 1.29 is 48.7 Å². The maximum atomic E-state index is 12.7. The van der Waals surface area contributed by atoms with Crippen molar-refractivity contribution in [3.8, 4) is 11.5 Å². The predicted molar refractivity (Wildman–Crippen MR) is 99.7 cm³/mol. The molecule has 0 bridgehead atoms. The molecule has 0 aliphatic rings. The number of nitrogens with zero attached hydrogens (tertiary/aromatic N) is 1. The minimum atomic E-state index is -1.45. The summed E-state index contributed by atoms with van der Waals surface area (Å²) in [7, 11) is 2.41. The Hall–Kier alpha value is -3.31. The number of carbonyl (C=O) groups excluding carboxylic acids is 2. The number of pyridine rings is 1. The third kappa shape index (κ3) is 4.31. The van der Waals surface area contributed by atoms with Crippen molar-refractivity contribution in [2.75, 3.05) is 14.2 Å². The summed E-state index contributed by atoms with van der Waals surface area (Å²) in [6.07, 6.45) is -1.57. The van der Waals surface area contributed by atoms with Gasteiger partial charge >= 0.3 is 17.9 Å². The molecule has 0 saturated carbocycles. The van der Waals surface area contributed by atoms with Crippen LogP contribution in [0.1, 0.15) is 57.9 Å². The molecular formula is C19H22NO10. The zero-order chi connectivity index (χ0) is 22.6. The van der Waals surface area contributed by atoms with Crippen LogP contribution in [0.5, 0.6) is 11.5 Å². The first kappa shape index (κ1) is 23.0. The average Bonchev–Trinajstić information content (AvgIpc) is 3.11. The van der Waals surface area contributed by atoms with Gasteiger partial charge in [0.15, 0.2) is 11.5 Å². The number of aliphatic hydroxyl groups excluding tert-OH is 2. The van der Waals surface area contributed by atoms with Gasteiger partial charge in [-0.3, -0.25) is 0 Å². The van der Waals surface area contributed by atoms with Crippen LogP contribution in [0, 0.1) is 6.07 Å². The highest BCUT2D eigenvalue weighted by Crippen LogP contribution is 2.36. The van der Waals surface area contributed by atoms with Crippen LogP contribution in [0.15, 0.2) is 6.20 Å². The molecule has 163 valence electrons. The lowest BCUT2D eigenvalue weighted by atomic mass is 10.2. The van der Waals surface area contributed by atoms with Crippen molar-refractivity contribution in [2.45, 2.75) is 39.3 Å². The molecule has 11 nitrogen and oxygen atoms in total. The fourth-order valence-electron chi connectivity index (χ4n) is 2.61. The molecule has 30 heavy (non-hydrogen) atoms. The van der Waals surface area contributed by atoms with Gasteiger partial charge in [-0.2, -0.15) is 0 Å². The van der Waals surface area contributed by atoms with Crippen LogP contribution in [-0.2, 0) is 9.47 Å². The number of esters is 2. The highest BCUT2D eigenvalue weighted by atomic mass is 16.6. The zero-order valence-electron chi connectivity index (χ0n) is 16.8. The molecule has 3 N–H and O–H groups in total. The number of aromatic carboxylic acids is 1. The van der Waals surface area contributed by atoms with E-state index in [0.717, 1.165) is 10.6 Å². The Morgan fingerprint density at radius 2 is 1.60 bits per heavy atom. The van der Waals surface area contributed by atoms with Crippen LogP contribution in [0.25, 0.3) is 5.52 Å². The number of ether oxygens (including phenoxy) is 4. The first-order valence-electron chi connectivity index (χ1n) is 8.93. The maximum Gasteiger partial charge on any atom is 0.358 e. The lowest BCUT2D eigenvalue weighted by Gasteiger charge is -2.14. The fourth-order valence-corrected chi connectivity index (χ4v) is 2.61. The topological polar surface area (TPSA) is 153 Å². The molecule has 0 aliphatic carbocycles. The molecule has 1 radical (unpaired) electrons. The molecule has 0 aromatic carbocycles. The molecule has 0 aliphatic heterocycles. The molecule has 2 heterocycles. The zero-order valence-corrected chi connectivity index (χ0v) is 16.8. The van der Waals surface area contributed by atoms with Crippen LogP contribution >= 0.6 is 0 Å². The van der Waals surface area contributed by atoms with Gasteiger partial charge in [-0.1, -0.05) is 13.8 Å². The minimum absolute atomic E-state index is 0.0862. The van der Waals surface area contributed by atoms with Crippen molar-refractivity contribution in [1.29, 1.82) is 0 Å². The van der Waals surface area contributed by atoms with Gasteiger partial charge in [0.25, 0.3) is 0 Å². The number of aliphatic hydroxyl groups is 2. The van der Waals surface area contributed by atoms with E-state index in [9.17, 15) is 29.7 Å². The number of fused-ring (bicyclic) bond motifs is 1. The van der Waals surface area contributed by atoms with Crippen LogP contribution in [0.4, 0.5) is 0 Å². The molecule has 0 fully saturated rings. The Balaban J connectivity index is 2.83. The molecule has 0 amide bonds. The summed E-state index contributed by atoms with van der Waals surface area (Å²) in [5.74, 6) is -4.00. The number of aromatic nitrogens is 1. The molecule has 2 rings (SSSR count). The standard InChI is InChI=1S/C19H22NO10/c1-5-12(21)29-18(25)9-7-10-16(28-4)14(17(23)24)11(27-3)8-20(10)15(9)19(26)30-13(22)6-2/h8,12-13,21-22H,5-6H2,1-4H3,(H,23,24). The predicted octanol–water partition coefficient (Wildman–Crippen LogP) is 1.23. The molecular weight excluding hydrogens is 402 g/mol. The van der Waals surface area contributed by atoms with Crippen molar-refractivity contribution in [3.63, 3.8) is 0 Å². The van der Waals surface area contributed by atoms with E-state index in [0.29, 0.717) is 0 Å². The third-order valence-corrected chi connectivity index (χ3v) is 4.12. The Bertz CT molecular complexity index is 964. The molecule has 2 aromatic heterocycles. The number of carboxylic acid groups (broad SMARTS) is 1. The second-order valence-electron chi connectivity index (χ2n) is 6.01. The number of hydrogen-bond donors (Lipinski definition) is 3. The molecule has 2 aromatic rings. The van der Waals surface area contributed by atoms with Crippen LogP contribution in [-0.4, -0.2) is 64.4 Å². The summed E-state index contributed by atoms with van der Waals surface area (Å²) >= 11 is 0. The quantitative estimate of drug-likeness (QED) is 0.395. The van der Waals surface area contributed by atoms with Crippen molar-refractivity contribution in [3.05, 3.63) is 29.1 Å². The van der Waals surface area contributed by atoms with Gasteiger partial charge < -0.3 is 38.7 Å². The summed E-state index contributed by atoms with van der Waals surface area (Å²) in [6.45, 7) is 3.13. The van der Waals surface area contributed by atoms with Crippen LogP contribution < -0.4 is 9.47 Å². The average molecular weight is 424 g/mol. The van der Waals surface area contributed by atoms with Crippen molar-refractivity contribution >= 4 is 23.4 Å². The molecule has 0 saturated heterocycles. The summed E-state index contributed by atoms with van der Waals surface area (Å²) in [5, 5.41) is 28.9. The number of carbonyl (C=O) groups is 3. The van der Waals surface area contributed by atoms with Gasteiger partial charge in [-0.05, 0) is 0 Å². The van der Waals surface area contributed by atoms with E-state index in [4.69, 9.17) is 18.9 Å². The fraction of sp³-hybridized carbons (Fsp3) is 0.421. The Morgan fingerprint density at radius 3 is 2.07 bits per heavy atom. The van der Waals surface area contributed by atoms with E-state index in [1.54, 1.807) is 13.8 Å². The van der Waals surface area contributed by atoms with Gasteiger partial charge in [0, 0.05) is 18.9 Å². The van der Waals surface area contributed by atoms with E-state index < -0.39 is 41.7 Å². The van der Waals surface area contributed by atoms with Crippen LogP contribution in [0.3, 0.4) is 0 Å². The van der Waals surface area contributed by atoms with E-state index in [2.05, 4.69) is 6.07 Å². The Kier molecular flexibility index (Phi) is 7.24. The number of methoxy groups -OCH3 is 2. The van der Waals surface area contributed by atoms with E-state index >= 15 is 0 Å². The monoisotopic (exact) mass is 424 g/mol. The Morgan fingerprint density at radius 1 is 1.03 bits per heavy atom. The molecule has 0 spiro atoms. The summed E-state index contributed by atoms with van der Waals surface area (Å²) < 4.78 is 21.1. The first-order chi connectivity index (χ1) is 14.2. The van der Waals surface area contributed by atoms with Crippen molar-refractivity contribution in [1.82, 2.24) is 4.40 Å². The van der Waals surface area contributed by atoms with E-state index in [-0.39, 0.29) is 35.4 Å².